The van der Waals surface area contributed by atoms with Gasteiger partial charge in [-0.3, -0.25) is 14.2 Å². The summed E-state index contributed by atoms with van der Waals surface area (Å²) in [6.45, 7) is 2.08. The molecule has 11 heteroatoms. The number of rotatable bonds is 6. The molecule has 19 heavy (non-hydrogen) atoms. The topological polar surface area (TPSA) is 107 Å². The first-order valence-corrected chi connectivity index (χ1v) is 6.55. The molecule has 0 bridgehead atoms. The summed E-state index contributed by atoms with van der Waals surface area (Å²) in [6, 6.07) is 0. The molecule has 0 unspecified atom stereocenters. The Morgan fingerprint density at radius 2 is 1.89 bits per heavy atom. The maximum Gasteiger partial charge on any atom is 0.471 e. The lowest BCUT2D eigenvalue weighted by Crippen LogP contribution is -2.46. The van der Waals surface area contributed by atoms with Gasteiger partial charge in [0.05, 0.1) is 0 Å². The number of hydrogen-bond acceptors (Lipinski definition) is 3. The van der Waals surface area contributed by atoms with Crippen molar-refractivity contribution in [1.82, 2.24) is 10.2 Å². The Balaban J connectivity index is 4.88. The molecule has 0 aromatic heterocycles. The van der Waals surface area contributed by atoms with Gasteiger partial charge in [-0.05, 0) is 0 Å². The minimum absolute atomic E-state index is 0.0528. The summed E-state index contributed by atoms with van der Waals surface area (Å²) < 4.78 is 47.2. The van der Waals surface area contributed by atoms with Gasteiger partial charge in [0.1, 0.15) is 12.8 Å². The zero-order chi connectivity index (χ0) is 15.3. The number of carbonyl (C=O) groups is 2. The van der Waals surface area contributed by atoms with Crippen LogP contribution in [0.2, 0.25) is 0 Å². The van der Waals surface area contributed by atoms with Gasteiger partial charge in [0.15, 0.2) is 0 Å². The van der Waals surface area contributed by atoms with Gasteiger partial charge >= 0.3 is 19.7 Å². The van der Waals surface area contributed by atoms with E-state index >= 15 is 0 Å². The fourth-order valence-corrected chi connectivity index (χ4v) is 1.68. The first-order chi connectivity index (χ1) is 8.47. The lowest BCUT2D eigenvalue weighted by Gasteiger charge is -2.23. The average molecular weight is 304 g/mol. The zero-order valence-corrected chi connectivity index (χ0v) is 10.4. The van der Waals surface area contributed by atoms with Gasteiger partial charge in [0.2, 0.25) is 5.91 Å². The predicted molar refractivity (Wildman–Crippen MR) is 57.9 cm³/mol. The highest BCUT2D eigenvalue weighted by molar-refractivity contribution is 7.51. The number of nitrogens with one attached hydrogen (secondary N) is 1. The molecule has 0 fully saturated rings. The van der Waals surface area contributed by atoms with Gasteiger partial charge in [-0.25, -0.2) is 0 Å². The Kier molecular flexibility index (Phi) is 6.20. The molecule has 0 aliphatic carbocycles. The van der Waals surface area contributed by atoms with Gasteiger partial charge in [-0.1, -0.05) is 6.08 Å². The number of carbonyl (C=O) groups excluding carboxylic acids is 2. The Labute approximate surface area is 106 Å². The molecule has 0 saturated carbocycles. The average Bonchev–Trinajstić information content (AvgIpc) is 2.21. The third-order valence-electron chi connectivity index (χ3n) is 1.66. The summed E-state index contributed by atoms with van der Waals surface area (Å²) >= 11 is 0. The van der Waals surface area contributed by atoms with Crippen molar-refractivity contribution in [3.8, 4) is 0 Å². The van der Waals surface area contributed by atoms with Crippen molar-refractivity contribution in [2.75, 3.05) is 19.4 Å². The smallest absolute Gasteiger partial charge is 0.351 e. The van der Waals surface area contributed by atoms with Crippen molar-refractivity contribution in [2.45, 2.75) is 6.18 Å². The maximum absolute atomic E-state index is 12.2. The lowest BCUT2D eigenvalue weighted by molar-refractivity contribution is -0.185. The van der Waals surface area contributed by atoms with Crippen LogP contribution in [0.5, 0.6) is 0 Å². The van der Waals surface area contributed by atoms with E-state index in [1.54, 1.807) is 0 Å². The Morgan fingerprint density at radius 1 is 1.37 bits per heavy atom. The van der Waals surface area contributed by atoms with Crippen LogP contribution < -0.4 is 5.32 Å². The standard InChI is InChI=1S/C8H12F3N2O5P/c1-2-3-12-6(14)4-13(5-19(16,17)18)7(15)8(9,10)11/h2H,1,3-5H2,(H,12,14)(H2,16,17,18). The van der Waals surface area contributed by atoms with Crippen LogP contribution in [-0.4, -0.2) is 52.1 Å². The number of alkyl halides is 3. The quantitative estimate of drug-likeness (QED) is 0.466. The lowest BCUT2D eigenvalue weighted by atomic mass is 10.4. The van der Waals surface area contributed by atoms with Crippen LogP contribution >= 0.6 is 7.60 Å². The predicted octanol–water partition coefficient (Wildman–Crippen LogP) is -0.185. The van der Waals surface area contributed by atoms with Crippen LogP contribution in [0.25, 0.3) is 0 Å². The van der Waals surface area contributed by atoms with Gasteiger partial charge in [-0.15, -0.1) is 6.58 Å². The molecule has 0 spiro atoms. The van der Waals surface area contributed by atoms with Crippen LogP contribution in [0.4, 0.5) is 13.2 Å². The van der Waals surface area contributed by atoms with E-state index in [0.29, 0.717) is 0 Å². The maximum atomic E-state index is 12.2. The van der Waals surface area contributed by atoms with E-state index in [1.807, 2.05) is 0 Å². The van der Waals surface area contributed by atoms with Crippen molar-refractivity contribution >= 4 is 19.4 Å². The number of nitrogens with zero attached hydrogens (tertiary/aromatic N) is 1. The molecule has 0 heterocycles. The van der Waals surface area contributed by atoms with Gasteiger partial charge in [0.25, 0.3) is 0 Å². The molecule has 110 valence electrons. The molecule has 0 aliphatic heterocycles. The number of amides is 2. The van der Waals surface area contributed by atoms with Crippen molar-refractivity contribution in [2.24, 2.45) is 0 Å². The monoisotopic (exact) mass is 304 g/mol. The summed E-state index contributed by atoms with van der Waals surface area (Å²) in [5.41, 5.74) is 0. The fourth-order valence-electron chi connectivity index (χ4n) is 1.00. The SMILES string of the molecule is C=CCNC(=O)CN(CP(=O)(O)O)C(=O)C(F)(F)F. The summed E-state index contributed by atoms with van der Waals surface area (Å²) in [5, 5.41) is 2.08. The van der Waals surface area contributed by atoms with Crippen LogP contribution in [-0.2, 0) is 14.2 Å². The minimum Gasteiger partial charge on any atom is -0.351 e. The normalized spacial score (nSPS) is 11.8. The molecule has 0 saturated heterocycles. The summed E-state index contributed by atoms with van der Waals surface area (Å²) in [6.07, 6.45) is -5.57. The Bertz CT molecular complexity index is 406. The van der Waals surface area contributed by atoms with Crippen LogP contribution in [0.15, 0.2) is 12.7 Å². The highest BCUT2D eigenvalue weighted by atomic mass is 31.2. The van der Waals surface area contributed by atoms with Gasteiger partial charge in [-0.2, -0.15) is 13.2 Å². The number of hydrogen-bond donors (Lipinski definition) is 3. The Morgan fingerprint density at radius 3 is 2.26 bits per heavy atom. The molecule has 0 aromatic carbocycles. The molecule has 0 rings (SSSR count). The first-order valence-electron chi connectivity index (χ1n) is 4.75. The highest BCUT2D eigenvalue weighted by Gasteiger charge is 2.44. The van der Waals surface area contributed by atoms with E-state index < -0.39 is 38.4 Å². The van der Waals surface area contributed by atoms with Crippen LogP contribution in [0.3, 0.4) is 0 Å². The van der Waals surface area contributed by atoms with Crippen molar-refractivity contribution in [3.05, 3.63) is 12.7 Å². The summed E-state index contributed by atoms with van der Waals surface area (Å²) in [5.74, 6) is -3.49. The van der Waals surface area contributed by atoms with E-state index in [9.17, 15) is 27.3 Å². The molecule has 0 aliphatic rings. The summed E-state index contributed by atoms with van der Waals surface area (Å²) in [7, 11) is -4.92. The molecule has 0 radical (unpaired) electrons. The minimum atomic E-state index is -5.33. The van der Waals surface area contributed by atoms with Crippen molar-refractivity contribution < 1.29 is 37.1 Å². The van der Waals surface area contributed by atoms with Crippen molar-refractivity contribution in [3.63, 3.8) is 0 Å². The fraction of sp³-hybridized carbons (Fsp3) is 0.500. The molecule has 3 N–H and O–H groups in total. The van der Waals surface area contributed by atoms with E-state index in [1.165, 1.54) is 6.08 Å². The third kappa shape index (κ3) is 7.60. The molecular weight excluding hydrogens is 292 g/mol. The largest absolute Gasteiger partial charge is 0.471 e. The third-order valence-corrected chi connectivity index (χ3v) is 2.37. The second-order valence-corrected chi connectivity index (χ2v) is 5.01. The van der Waals surface area contributed by atoms with Crippen LogP contribution in [0, 0.1) is 0 Å². The highest BCUT2D eigenvalue weighted by Crippen LogP contribution is 2.36. The zero-order valence-electron chi connectivity index (χ0n) is 9.55. The van der Waals surface area contributed by atoms with Gasteiger partial charge in [0, 0.05) is 6.54 Å². The summed E-state index contributed by atoms with van der Waals surface area (Å²) in [4.78, 5) is 39.0. The van der Waals surface area contributed by atoms with Crippen molar-refractivity contribution in [1.29, 1.82) is 0 Å². The number of halogens is 3. The van der Waals surface area contributed by atoms with Gasteiger partial charge < -0.3 is 20.0 Å². The van der Waals surface area contributed by atoms with E-state index in [0.717, 1.165) is 0 Å². The van der Waals surface area contributed by atoms with E-state index in [2.05, 4.69) is 11.9 Å². The molecule has 0 aromatic rings. The molecular formula is C8H12F3N2O5P. The molecule has 0 atom stereocenters. The van der Waals surface area contributed by atoms with Crippen LogP contribution in [0.1, 0.15) is 0 Å². The molecule has 2 amide bonds. The second-order valence-electron chi connectivity index (χ2n) is 3.40. The second kappa shape index (κ2) is 6.69. The molecule has 7 nitrogen and oxygen atoms in total. The van der Waals surface area contributed by atoms with E-state index in [4.69, 9.17) is 9.79 Å². The Hall–Kier alpha value is -1.38. The van der Waals surface area contributed by atoms with E-state index in [-0.39, 0.29) is 11.4 Å². The first kappa shape index (κ1) is 17.6.